The van der Waals surface area contributed by atoms with E-state index < -0.39 is 5.41 Å². The van der Waals surface area contributed by atoms with Crippen molar-refractivity contribution in [1.29, 1.82) is 0 Å². The highest BCUT2D eigenvalue weighted by Gasteiger charge is 2.47. The van der Waals surface area contributed by atoms with E-state index in [1.807, 2.05) is 51.1 Å². The molecule has 1 unspecified atom stereocenters. The Kier molecular flexibility index (Phi) is 5.74. The fraction of sp³-hybridized carbons (Fsp3) is 0.320. The zero-order valence-electron chi connectivity index (χ0n) is 18.8. The summed E-state index contributed by atoms with van der Waals surface area (Å²) >= 11 is 0. The molecule has 2 N–H and O–H groups in total. The molecule has 32 heavy (non-hydrogen) atoms. The fourth-order valence-corrected chi connectivity index (χ4v) is 4.21. The lowest BCUT2D eigenvalue weighted by atomic mass is 9.71. The van der Waals surface area contributed by atoms with Gasteiger partial charge in [-0.15, -0.1) is 0 Å². The van der Waals surface area contributed by atoms with Gasteiger partial charge in [-0.3, -0.25) is 19.6 Å². The number of nitrogens with zero attached hydrogens (tertiary/aromatic N) is 3. The first-order valence-electron chi connectivity index (χ1n) is 10.8. The first-order chi connectivity index (χ1) is 15.3. The van der Waals surface area contributed by atoms with Crippen LogP contribution in [0, 0.1) is 6.92 Å². The molecule has 4 rings (SSSR count). The summed E-state index contributed by atoms with van der Waals surface area (Å²) in [6.07, 6.45) is 4.19. The summed E-state index contributed by atoms with van der Waals surface area (Å²) in [6.45, 7) is 8.34. The molecule has 0 bridgehead atoms. The van der Waals surface area contributed by atoms with Crippen molar-refractivity contribution in [3.05, 3.63) is 82.6 Å². The minimum atomic E-state index is -0.759. The van der Waals surface area contributed by atoms with Crippen LogP contribution < -0.4 is 10.6 Å². The predicted molar refractivity (Wildman–Crippen MR) is 122 cm³/mol. The van der Waals surface area contributed by atoms with Crippen LogP contribution in [-0.2, 0) is 23.2 Å². The maximum Gasteiger partial charge on any atom is 0.270 e. The molecule has 164 valence electrons. The molecule has 1 aliphatic heterocycles. The van der Waals surface area contributed by atoms with Gasteiger partial charge in [0.2, 0.25) is 5.91 Å². The van der Waals surface area contributed by atoms with Gasteiger partial charge >= 0.3 is 0 Å². The van der Waals surface area contributed by atoms with E-state index in [1.54, 1.807) is 18.5 Å². The standard InChI is InChI=1S/C25H27N5O2/c1-5-19-12-17(11-15(2)29-19)13-28-23(31)21-9-8-18(14-27-21)16(3)25(4)20-7-6-10-26-22(20)30-24(25)32/h6-12,14,16H,5,13H2,1-4H3,(H,28,31)(H,26,30,32)/t16?,25-/m1/s1. The van der Waals surface area contributed by atoms with Crippen molar-refractivity contribution in [2.75, 3.05) is 5.32 Å². The van der Waals surface area contributed by atoms with Gasteiger partial charge in [0.1, 0.15) is 11.5 Å². The summed E-state index contributed by atoms with van der Waals surface area (Å²) in [5.74, 6) is 0.133. The zero-order valence-corrected chi connectivity index (χ0v) is 18.8. The fourth-order valence-electron chi connectivity index (χ4n) is 4.21. The molecule has 7 nitrogen and oxygen atoms in total. The predicted octanol–water partition coefficient (Wildman–Crippen LogP) is 3.69. The van der Waals surface area contributed by atoms with Crippen molar-refractivity contribution < 1.29 is 9.59 Å². The zero-order chi connectivity index (χ0) is 22.9. The summed E-state index contributed by atoms with van der Waals surface area (Å²) in [6, 6.07) is 11.3. The summed E-state index contributed by atoms with van der Waals surface area (Å²) in [5, 5.41) is 5.80. The number of aromatic nitrogens is 3. The Hall–Kier alpha value is -3.61. The first-order valence-corrected chi connectivity index (χ1v) is 10.8. The van der Waals surface area contributed by atoms with E-state index in [1.165, 1.54) is 0 Å². The number of anilines is 1. The molecule has 0 saturated heterocycles. The molecular formula is C25H27N5O2. The highest BCUT2D eigenvalue weighted by Crippen LogP contribution is 2.45. The topological polar surface area (TPSA) is 96.9 Å². The molecule has 0 fully saturated rings. The van der Waals surface area contributed by atoms with E-state index in [2.05, 4.69) is 32.5 Å². The Morgan fingerprint density at radius 2 is 2.03 bits per heavy atom. The summed E-state index contributed by atoms with van der Waals surface area (Å²) in [5.41, 5.74) is 4.29. The van der Waals surface area contributed by atoms with Crippen LogP contribution in [0.15, 0.2) is 48.8 Å². The molecule has 0 aromatic carbocycles. The van der Waals surface area contributed by atoms with Crippen molar-refractivity contribution in [3.8, 4) is 0 Å². The van der Waals surface area contributed by atoms with Crippen molar-refractivity contribution in [2.45, 2.75) is 52.0 Å². The lowest BCUT2D eigenvalue weighted by Gasteiger charge is -2.29. The Bertz CT molecular complexity index is 1180. The number of amides is 2. The first kappa shape index (κ1) is 21.6. The van der Waals surface area contributed by atoms with Gasteiger partial charge in [0.25, 0.3) is 5.91 Å². The second kappa shape index (κ2) is 8.49. The van der Waals surface area contributed by atoms with E-state index in [0.29, 0.717) is 18.1 Å². The largest absolute Gasteiger partial charge is 0.347 e. The number of pyridine rings is 3. The highest BCUT2D eigenvalue weighted by molar-refractivity contribution is 6.05. The van der Waals surface area contributed by atoms with Crippen molar-refractivity contribution in [3.63, 3.8) is 0 Å². The van der Waals surface area contributed by atoms with Gasteiger partial charge in [0, 0.05) is 41.8 Å². The third-order valence-electron chi connectivity index (χ3n) is 6.34. The molecular weight excluding hydrogens is 402 g/mol. The van der Waals surface area contributed by atoms with E-state index >= 15 is 0 Å². The van der Waals surface area contributed by atoms with Gasteiger partial charge in [0.15, 0.2) is 0 Å². The molecule has 1 aliphatic rings. The van der Waals surface area contributed by atoms with Crippen LogP contribution in [0.25, 0.3) is 0 Å². The maximum atomic E-state index is 12.8. The Balaban J connectivity index is 1.48. The molecule has 0 radical (unpaired) electrons. The summed E-state index contributed by atoms with van der Waals surface area (Å²) < 4.78 is 0. The van der Waals surface area contributed by atoms with E-state index in [-0.39, 0.29) is 17.7 Å². The van der Waals surface area contributed by atoms with Crippen LogP contribution in [0.4, 0.5) is 5.82 Å². The number of fused-ring (bicyclic) bond motifs is 1. The Labute approximate surface area is 187 Å². The minimum Gasteiger partial charge on any atom is -0.347 e. The quantitative estimate of drug-likeness (QED) is 0.623. The summed E-state index contributed by atoms with van der Waals surface area (Å²) in [4.78, 5) is 38.5. The second-order valence-electron chi connectivity index (χ2n) is 8.40. The number of nitrogens with one attached hydrogen (secondary N) is 2. The summed E-state index contributed by atoms with van der Waals surface area (Å²) in [7, 11) is 0. The van der Waals surface area contributed by atoms with Gasteiger partial charge in [0.05, 0.1) is 5.41 Å². The molecule has 0 aliphatic carbocycles. The normalized spacial score (nSPS) is 18.1. The lowest BCUT2D eigenvalue weighted by molar-refractivity contribution is -0.120. The van der Waals surface area contributed by atoms with Crippen molar-refractivity contribution in [2.24, 2.45) is 0 Å². The SMILES string of the molecule is CCc1cc(CNC(=O)c2ccc(C(C)[C@@]3(C)C(=O)Nc4ncccc43)cn2)cc(C)n1. The number of hydrogen-bond donors (Lipinski definition) is 2. The van der Waals surface area contributed by atoms with Crippen LogP contribution in [-0.4, -0.2) is 26.8 Å². The molecule has 2 atom stereocenters. The molecule has 2 amide bonds. The second-order valence-corrected chi connectivity index (χ2v) is 8.40. The number of carbonyl (C=O) groups is 2. The van der Waals surface area contributed by atoms with Gasteiger partial charge in [-0.25, -0.2) is 4.98 Å². The van der Waals surface area contributed by atoms with Crippen LogP contribution in [0.5, 0.6) is 0 Å². The lowest BCUT2D eigenvalue weighted by Crippen LogP contribution is -2.36. The van der Waals surface area contributed by atoms with Crippen molar-refractivity contribution >= 4 is 17.6 Å². The average Bonchev–Trinajstić information content (AvgIpc) is 3.07. The maximum absolute atomic E-state index is 12.8. The van der Waals surface area contributed by atoms with Crippen LogP contribution in [0.1, 0.15) is 65.3 Å². The number of carbonyl (C=O) groups excluding carboxylic acids is 2. The molecule has 0 saturated carbocycles. The Morgan fingerprint density at radius 1 is 1.22 bits per heavy atom. The van der Waals surface area contributed by atoms with Crippen LogP contribution in [0.3, 0.4) is 0 Å². The number of rotatable bonds is 6. The van der Waals surface area contributed by atoms with E-state index in [9.17, 15) is 9.59 Å². The van der Waals surface area contributed by atoms with Gasteiger partial charge in [-0.2, -0.15) is 0 Å². The van der Waals surface area contributed by atoms with Gasteiger partial charge in [-0.1, -0.05) is 26.0 Å². The van der Waals surface area contributed by atoms with Crippen LogP contribution in [0.2, 0.25) is 0 Å². The average molecular weight is 430 g/mol. The Morgan fingerprint density at radius 3 is 2.75 bits per heavy atom. The third-order valence-corrected chi connectivity index (χ3v) is 6.34. The van der Waals surface area contributed by atoms with Gasteiger partial charge in [-0.05, 0) is 55.7 Å². The molecule has 7 heteroatoms. The number of aryl methyl sites for hydroxylation is 2. The molecule has 4 heterocycles. The van der Waals surface area contributed by atoms with E-state index in [4.69, 9.17) is 0 Å². The number of hydrogen-bond acceptors (Lipinski definition) is 5. The highest BCUT2D eigenvalue weighted by atomic mass is 16.2. The molecule has 0 spiro atoms. The smallest absolute Gasteiger partial charge is 0.270 e. The van der Waals surface area contributed by atoms with Crippen LogP contribution >= 0.6 is 0 Å². The molecule has 3 aromatic rings. The van der Waals surface area contributed by atoms with Gasteiger partial charge < -0.3 is 10.6 Å². The minimum absolute atomic E-state index is 0.0837. The monoisotopic (exact) mass is 429 g/mol. The van der Waals surface area contributed by atoms with E-state index in [0.717, 1.165) is 34.5 Å². The third kappa shape index (κ3) is 3.86. The molecule has 3 aromatic heterocycles. The van der Waals surface area contributed by atoms with Crippen molar-refractivity contribution in [1.82, 2.24) is 20.3 Å².